The molecule has 114 valence electrons. The van der Waals surface area contributed by atoms with Crippen molar-refractivity contribution in [2.24, 2.45) is 0 Å². The zero-order valence-electron chi connectivity index (χ0n) is 11.1. The highest BCUT2D eigenvalue weighted by atomic mass is 35.5. The van der Waals surface area contributed by atoms with Crippen molar-refractivity contribution in [2.45, 2.75) is 10.6 Å². The van der Waals surface area contributed by atoms with Crippen molar-refractivity contribution in [3.8, 4) is 0 Å². The van der Waals surface area contributed by atoms with E-state index < -0.39 is 21.7 Å². The van der Waals surface area contributed by atoms with Crippen LogP contribution in [0.3, 0.4) is 0 Å². The van der Waals surface area contributed by atoms with Gasteiger partial charge in [-0.1, -0.05) is 30.3 Å². The average molecular weight is 339 g/mol. The van der Waals surface area contributed by atoms with Gasteiger partial charge in [-0.05, 0) is 30.0 Å². The van der Waals surface area contributed by atoms with Gasteiger partial charge in [0, 0.05) is 16.7 Å². The molecule has 0 aliphatic carbocycles. The molecule has 3 N–H and O–H groups in total. The van der Waals surface area contributed by atoms with Gasteiger partial charge in [0.15, 0.2) is 5.72 Å². The Morgan fingerprint density at radius 2 is 1.86 bits per heavy atom. The van der Waals surface area contributed by atoms with E-state index in [2.05, 4.69) is 5.32 Å². The van der Waals surface area contributed by atoms with Crippen LogP contribution >= 0.6 is 11.8 Å². The molecule has 6 nitrogen and oxygen atoms in total. The largest absolute Gasteiger partial charge is 0.363 e. The number of amides is 1. The van der Waals surface area contributed by atoms with Gasteiger partial charge >= 0.3 is 0 Å². The first-order valence-electron chi connectivity index (χ1n) is 6.26. The van der Waals surface area contributed by atoms with Crippen molar-refractivity contribution < 1.29 is 18.3 Å². The lowest BCUT2D eigenvalue weighted by molar-refractivity contribution is 0.0474. The van der Waals surface area contributed by atoms with Crippen LogP contribution in [0.2, 0.25) is 0 Å². The first-order valence-corrected chi connectivity index (χ1v) is 8.12. The summed E-state index contributed by atoms with van der Waals surface area (Å²) in [5.74, 6) is -0.429. The molecule has 8 heteroatoms. The Labute approximate surface area is 131 Å². The third kappa shape index (κ3) is 2.19. The summed E-state index contributed by atoms with van der Waals surface area (Å²) in [6, 6.07) is 12.1. The molecule has 1 aliphatic rings. The van der Waals surface area contributed by atoms with E-state index in [4.69, 9.17) is 11.8 Å². The summed E-state index contributed by atoms with van der Waals surface area (Å²) < 4.78 is 25.2. The minimum Gasteiger partial charge on any atom is -0.363 e. The van der Waals surface area contributed by atoms with Crippen LogP contribution in [-0.2, 0) is 15.7 Å². The van der Waals surface area contributed by atoms with Crippen LogP contribution in [-0.4, -0.2) is 19.4 Å². The summed E-state index contributed by atoms with van der Waals surface area (Å²) in [7, 11) is -3.88. The van der Waals surface area contributed by atoms with E-state index in [1.54, 1.807) is 28.5 Å². The van der Waals surface area contributed by atoms with Crippen LogP contribution in [0.5, 0.6) is 0 Å². The first kappa shape index (κ1) is 15.0. The SMILES string of the molecule is O=C1NC(O)(c2cccc(S(=O)(=O)NCl)c2)c2ccccc21. The minimum absolute atomic E-state index is 0.118. The number of halogens is 1. The molecule has 2 aromatic carbocycles. The zero-order chi connectivity index (χ0) is 16.0. The molecule has 1 atom stereocenters. The molecule has 0 radical (unpaired) electrons. The highest BCUT2D eigenvalue weighted by Gasteiger charge is 2.42. The molecular formula is C14H11ClN2O4S. The zero-order valence-corrected chi connectivity index (χ0v) is 12.6. The first-order chi connectivity index (χ1) is 10.4. The molecule has 1 amide bonds. The maximum Gasteiger partial charge on any atom is 0.254 e. The molecule has 1 heterocycles. The van der Waals surface area contributed by atoms with Crippen LogP contribution in [0, 0.1) is 0 Å². The van der Waals surface area contributed by atoms with Gasteiger partial charge < -0.3 is 10.4 Å². The van der Waals surface area contributed by atoms with E-state index in [-0.39, 0.29) is 10.5 Å². The number of nitrogens with one attached hydrogen (secondary N) is 2. The Morgan fingerprint density at radius 3 is 2.59 bits per heavy atom. The van der Waals surface area contributed by atoms with Crippen LogP contribution in [0.1, 0.15) is 21.5 Å². The maximum atomic E-state index is 12.0. The van der Waals surface area contributed by atoms with E-state index in [1.807, 2.05) is 0 Å². The molecule has 22 heavy (non-hydrogen) atoms. The quantitative estimate of drug-likeness (QED) is 0.729. The number of sulfonamides is 1. The fourth-order valence-corrected chi connectivity index (χ4v) is 3.35. The third-order valence-corrected chi connectivity index (χ3v) is 5.21. The third-order valence-electron chi connectivity index (χ3n) is 3.52. The van der Waals surface area contributed by atoms with Crippen molar-refractivity contribution in [1.82, 2.24) is 9.56 Å². The summed E-state index contributed by atoms with van der Waals surface area (Å²) in [5.41, 5.74) is -0.855. The molecule has 0 aromatic heterocycles. The number of carbonyl (C=O) groups excluding carboxylic acids is 1. The highest BCUT2D eigenvalue weighted by Crippen LogP contribution is 2.35. The Kier molecular flexibility index (Phi) is 3.45. The second-order valence-corrected chi connectivity index (χ2v) is 6.91. The van der Waals surface area contributed by atoms with Crippen LogP contribution < -0.4 is 9.56 Å². The van der Waals surface area contributed by atoms with Crippen molar-refractivity contribution in [1.29, 1.82) is 0 Å². The van der Waals surface area contributed by atoms with E-state index in [0.717, 1.165) is 0 Å². The molecule has 0 saturated heterocycles. The van der Waals surface area contributed by atoms with Gasteiger partial charge in [-0.3, -0.25) is 4.79 Å². The summed E-state index contributed by atoms with van der Waals surface area (Å²) in [5, 5.41) is 13.3. The predicted octanol–water partition coefficient (Wildman–Crippen LogP) is 1.06. The molecule has 0 bridgehead atoms. The average Bonchev–Trinajstić information content (AvgIpc) is 2.80. The molecule has 0 saturated carbocycles. The summed E-state index contributed by atoms with van der Waals surface area (Å²) in [6.07, 6.45) is 0. The molecule has 0 spiro atoms. The monoisotopic (exact) mass is 338 g/mol. The standard InChI is InChI=1S/C14H11ClN2O4S/c15-17-22(20,21)10-5-3-4-9(8-10)14(19)12-7-2-1-6-11(12)13(18)16-14/h1-8,17,19H,(H,16,18). The van der Waals surface area contributed by atoms with Gasteiger partial charge in [0.2, 0.25) is 0 Å². The topological polar surface area (TPSA) is 95.5 Å². The highest BCUT2D eigenvalue weighted by molar-refractivity contribution is 7.90. The van der Waals surface area contributed by atoms with Crippen LogP contribution in [0.4, 0.5) is 0 Å². The normalized spacial score (nSPS) is 20.5. The summed E-state index contributed by atoms with van der Waals surface area (Å²) >= 11 is 5.21. The molecule has 2 aromatic rings. The van der Waals surface area contributed by atoms with Crippen molar-refractivity contribution in [2.75, 3.05) is 0 Å². The Bertz CT molecular complexity index is 869. The van der Waals surface area contributed by atoms with E-state index in [0.29, 0.717) is 11.1 Å². The van der Waals surface area contributed by atoms with Gasteiger partial charge in [-0.15, -0.1) is 4.24 Å². The van der Waals surface area contributed by atoms with Crippen LogP contribution in [0.15, 0.2) is 53.4 Å². The lowest BCUT2D eigenvalue weighted by Crippen LogP contribution is -2.40. The lowest BCUT2D eigenvalue weighted by atomic mass is 9.95. The Hall–Kier alpha value is -1.93. The number of benzene rings is 2. The number of aliphatic hydroxyl groups is 1. The van der Waals surface area contributed by atoms with E-state index >= 15 is 0 Å². The molecule has 3 rings (SSSR count). The summed E-state index contributed by atoms with van der Waals surface area (Å²) in [6.45, 7) is 0. The number of hydrogen-bond donors (Lipinski definition) is 3. The fraction of sp³-hybridized carbons (Fsp3) is 0.0714. The second kappa shape index (κ2) is 5.06. The summed E-state index contributed by atoms with van der Waals surface area (Å²) in [4.78, 5) is 11.9. The smallest absolute Gasteiger partial charge is 0.254 e. The van der Waals surface area contributed by atoms with Crippen molar-refractivity contribution in [3.05, 3.63) is 65.2 Å². The van der Waals surface area contributed by atoms with Crippen LogP contribution in [0.25, 0.3) is 0 Å². The van der Waals surface area contributed by atoms with E-state index in [1.165, 1.54) is 24.3 Å². The van der Waals surface area contributed by atoms with Gasteiger partial charge in [0.25, 0.3) is 15.9 Å². The Balaban J connectivity index is 2.17. The number of hydrogen-bond acceptors (Lipinski definition) is 4. The number of carbonyl (C=O) groups is 1. The van der Waals surface area contributed by atoms with Gasteiger partial charge in [0.05, 0.1) is 4.90 Å². The lowest BCUT2D eigenvalue weighted by Gasteiger charge is -2.24. The predicted molar refractivity (Wildman–Crippen MR) is 79.5 cm³/mol. The van der Waals surface area contributed by atoms with Gasteiger partial charge in [-0.25, -0.2) is 8.42 Å². The van der Waals surface area contributed by atoms with Crippen molar-refractivity contribution >= 4 is 27.7 Å². The second-order valence-electron chi connectivity index (χ2n) is 4.82. The fourth-order valence-electron chi connectivity index (χ4n) is 2.46. The molecule has 1 unspecified atom stereocenters. The number of rotatable bonds is 3. The Morgan fingerprint density at radius 1 is 1.14 bits per heavy atom. The van der Waals surface area contributed by atoms with Crippen molar-refractivity contribution in [3.63, 3.8) is 0 Å². The van der Waals surface area contributed by atoms with Gasteiger partial charge in [-0.2, -0.15) is 0 Å². The minimum atomic E-state index is -3.88. The molecule has 0 fully saturated rings. The molecule has 1 aliphatic heterocycles. The van der Waals surface area contributed by atoms with E-state index in [9.17, 15) is 18.3 Å². The maximum absolute atomic E-state index is 12.0. The number of fused-ring (bicyclic) bond motifs is 1. The van der Waals surface area contributed by atoms with Gasteiger partial charge in [0.1, 0.15) is 0 Å². The molecular weight excluding hydrogens is 328 g/mol.